The van der Waals surface area contributed by atoms with E-state index >= 15 is 4.39 Å². The smallest absolute Gasteiger partial charge is 0.306 e. The number of allylic oxidation sites excluding steroid dienone is 4. The van der Waals surface area contributed by atoms with Gasteiger partial charge in [-0.2, -0.15) is 0 Å². The molecule has 0 aliphatic heterocycles. The van der Waals surface area contributed by atoms with Gasteiger partial charge in [0.1, 0.15) is 6.61 Å². The number of aliphatic hydroxyl groups is 2. The maximum Gasteiger partial charge on any atom is 0.306 e. The number of nitrogens with zero attached hydrogens (tertiary/aromatic N) is 1. The van der Waals surface area contributed by atoms with Crippen LogP contribution in [0, 0.1) is 38.7 Å². The zero-order chi connectivity index (χ0) is 28.8. The molecule has 4 aliphatic rings. The lowest BCUT2D eigenvalue weighted by atomic mass is 9.45. The van der Waals surface area contributed by atoms with E-state index in [-0.39, 0.29) is 38.1 Å². The van der Waals surface area contributed by atoms with E-state index in [4.69, 9.17) is 4.74 Å². The minimum atomic E-state index is -2.09. The van der Waals surface area contributed by atoms with Gasteiger partial charge in [0.2, 0.25) is 5.78 Å². The number of rotatable bonds is 10. The zero-order valence-corrected chi connectivity index (χ0v) is 22.7. The molecule has 0 saturated heterocycles. The summed E-state index contributed by atoms with van der Waals surface area (Å²) >= 11 is 0. The summed E-state index contributed by atoms with van der Waals surface area (Å²) < 4.78 is 23.4. The quantitative estimate of drug-likeness (QED) is 0.137. The fourth-order valence-electron chi connectivity index (χ4n) is 8.34. The summed E-state index contributed by atoms with van der Waals surface area (Å²) in [5, 5.41) is 30.9. The summed E-state index contributed by atoms with van der Waals surface area (Å²) in [6, 6.07) is 0. The highest BCUT2D eigenvalue weighted by molar-refractivity contribution is 5.94. The molecular weight excluding hydrogens is 513 g/mol. The molecule has 0 bridgehead atoms. The molecule has 216 valence electrons. The van der Waals surface area contributed by atoms with Crippen LogP contribution in [0.1, 0.15) is 72.1 Å². The van der Waals surface area contributed by atoms with Crippen molar-refractivity contribution in [2.24, 2.45) is 28.6 Å². The first kappa shape index (κ1) is 29.3. The first-order chi connectivity index (χ1) is 18.3. The molecule has 11 heteroatoms. The van der Waals surface area contributed by atoms with Crippen LogP contribution in [0.4, 0.5) is 4.39 Å². The molecule has 0 spiro atoms. The van der Waals surface area contributed by atoms with Crippen molar-refractivity contribution in [3.8, 4) is 0 Å². The van der Waals surface area contributed by atoms with Gasteiger partial charge in [-0.1, -0.05) is 38.0 Å². The van der Waals surface area contributed by atoms with Gasteiger partial charge in [-0.25, -0.2) is 4.39 Å². The number of Topliss-reactive ketones (excluding diaryl/α,β-unsaturated/α-hetero) is 1. The zero-order valence-electron chi connectivity index (χ0n) is 22.7. The van der Waals surface area contributed by atoms with Gasteiger partial charge >= 0.3 is 5.97 Å². The first-order valence-electron chi connectivity index (χ1n) is 13.7. The Hall–Kier alpha value is -2.66. The molecule has 0 heterocycles. The van der Waals surface area contributed by atoms with Gasteiger partial charge in [0.15, 0.2) is 17.1 Å². The summed E-state index contributed by atoms with van der Waals surface area (Å²) in [6.45, 7) is 4.26. The first-order valence-corrected chi connectivity index (χ1v) is 13.7. The number of esters is 1. The third-order valence-corrected chi connectivity index (χ3v) is 10.2. The van der Waals surface area contributed by atoms with E-state index in [2.05, 4.69) is 4.84 Å². The number of halogens is 1. The van der Waals surface area contributed by atoms with Crippen molar-refractivity contribution in [2.45, 2.75) is 89.5 Å². The van der Waals surface area contributed by atoms with Crippen molar-refractivity contribution >= 4 is 17.5 Å². The van der Waals surface area contributed by atoms with Crippen LogP contribution in [0.3, 0.4) is 0 Å². The number of carbonyl (C=O) groups excluding carboxylic acids is 3. The number of unbranched alkanes of at least 4 members (excludes halogenated alkanes) is 2. The molecule has 0 aromatic heterocycles. The van der Waals surface area contributed by atoms with Gasteiger partial charge in [0, 0.05) is 35.5 Å². The highest BCUT2D eigenvalue weighted by Gasteiger charge is 2.76. The fraction of sp³-hybridized carbons (Fsp3) is 0.750. The van der Waals surface area contributed by atoms with E-state index in [1.165, 1.54) is 6.08 Å². The van der Waals surface area contributed by atoms with Crippen LogP contribution in [0.2, 0.25) is 0 Å². The molecule has 2 N–H and O–H groups in total. The second kappa shape index (κ2) is 10.4. The molecule has 2 saturated carbocycles. The van der Waals surface area contributed by atoms with E-state index < -0.39 is 69.4 Å². The third kappa shape index (κ3) is 4.32. The second-order valence-electron chi connectivity index (χ2n) is 12.1. The molecular formula is C28H38FNO9. The lowest BCUT2D eigenvalue weighted by Gasteiger charge is -2.62. The van der Waals surface area contributed by atoms with Gasteiger partial charge in [0.25, 0.3) is 5.09 Å². The van der Waals surface area contributed by atoms with Crippen molar-refractivity contribution in [2.75, 3.05) is 13.2 Å². The Morgan fingerprint density at radius 3 is 2.62 bits per heavy atom. The molecule has 2 unspecified atom stereocenters. The molecule has 0 amide bonds. The summed E-state index contributed by atoms with van der Waals surface area (Å²) in [7, 11) is 0. The minimum Gasteiger partial charge on any atom is -0.450 e. The van der Waals surface area contributed by atoms with Crippen LogP contribution in [-0.2, 0) is 24.0 Å². The third-order valence-electron chi connectivity index (χ3n) is 10.2. The number of ketones is 2. The Kier molecular flexibility index (Phi) is 7.81. The number of ether oxygens (including phenoxy) is 1. The van der Waals surface area contributed by atoms with E-state index in [9.17, 15) is 34.7 Å². The van der Waals surface area contributed by atoms with Crippen molar-refractivity contribution in [1.29, 1.82) is 0 Å². The van der Waals surface area contributed by atoms with Crippen LogP contribution in [0.25, 0.3) is 0 Å². The number of alkyl halides is 1. The molecule has 2 fully saturated rings. The number of aliphatic hydroxyl groups excluding tert-OH is 2. The lowest BCUT2D eigenvalue weighted by molar-refractivity contribution is -0.757. The lowest BCUT2D eigenvalue weighted by Crippen LogP contribution is -2.69. The van der Waals surface area contributed by atoms with Gasteiger partial charge in [-0.15, -0.1) is 10.1 Å². The average molecular weight is 552 g/mol. The van der Waals surface area contributed by atoms with Gasteiger partial charge in [-0.3, -0.25) is 14.4 Å². The molecule has 0 aromatic rings. The number of carbonyl (C=O) groups is 3. The predicted octanol–water partition coefficient (Wildman–Crippen LogP) is 3.22. The molecule has 4 rings (SSSR count). The average Bonchev–Trinajstić information content (AvgIpc) is 3.08. The van der Waals surface area contributed by atoms with Crippen LogP contribution in [-0.4, -0.2) is 63.4 Å². The monoisotopic (exact) mass is 551 g/mol. The summed E-state index contributed by atoms with van der Waals surface area (Å²) in [5.74, 6) is -3.12. The molecule has 0 aromatic carbocycles. The van der Waals surface area contributed by atoms with E-state index in [1.807, 2.05) is 6.08 Å². The normalized spacial score (nSPS) is 40.7. The number of hydrogen-bond donors (Lipinski definition) is 2. The highest BCUT2D eigenvalue weighted by Crippen LogP contribution is 2.71. The Bertz CT molecular complexity index is 1110. The molecule has 8 atom stereocenters. The minimum absolute atomic E-state index is 0.0472. The molecule has 0 radical (unpaired) electrons. The van der Waals surface area contributed by atoms with Crippen molar-refractivity contribution in [3.05, 3.63) is 33.9 Å². The van der Waals surface area contributed by atoms with Gasteiger partial charge in [0.05, 0.1) is 12.7 Å². The van der Waals surface area contributed by atoms with Crippen LogP contribution in [0.15, 0.2) is 23.8 Å². The van der Waals surface area contributed by atoms with Crippen molar-refractivity contribution in [3.63, 3.8) is 0 Å². The van der Waals surface area contributed by atoms with Crippen molar-refractivity contribution in [1.82, 2.24) is 0 Å². The Morgan fingerprint density at radius 1 is 1.23 bits per heavy atom. The topological polar surface area (TPSA) is 153 Å². The van der Waals surface area contributed by atoms with E-state index in [0.29, 0.717) is 31.3 Å². The van der Waals surface area contributed by atoms with Gasteiger partial charge < -0.3 is 19.8 Å². The van der Waals surface area contributed by atoms with Crippen molar-refractivity contribution < 1.29 is 43.6 Å². The van der Waals surface area contributed by atoms with Gasteiger partial charge in [-0.05, 0) is 51.0 Å². The van der Waals surface area contributed by atoms with Crippen LogP contribution in [0.5, 0.6) is 0 Å². The molecule has 4 aliphatic carbocycles. The van der Waals surface area contributed by atoms with Crippen LogP contribution >= 0.6 is 0 Å². The van der Waals surface area contributed by atoms with E-state index in [1.54, 1.807) is 26.8 Å². The maximum absolute atomic E-state index is 17.4. The summed E-state index contributed by atoms with van der Waals surface area (Å²) in [6.07, 6.45) is 5.03. The standard InChI is InChI=1S/C28H38FNO9/c1-17-13-21-20-9-8-18-14-19(32)10-11-25(18,2)27(20,29)22(33)15-26(21,3)28(17,23(34)16-31)39-24(35)7-5-4-6-12-38-30(36)37/h8,10-11,17,20-22,31,33H,4-7,9,12-16H2,1-3H3/t17-,20?,21?,22-,25-,26-,27-,28-/m0/s1. The molecule has 10 nitrogen and oxygen atoms in total. The number of hydrogen-bond acceptors (Lipinski definition) is 9. The predicted molar refractivity (Wildman–Crippen MR) is 135 cm³/mol. The SMILES string of the molecule is C[C@H]1CC2C3CC=C4CC(=O)C=C[C@]4(C)[C@@]3(F)[C@@H](O)C[C@]2(C)[C@@]1(OC(=O)CCCCCO[N+](=O)[O-])C(=O)CO. The Morgan fingerprint density at radius 2 is 1.95 bits per heavy atom. The summed E-state index contributed by atoms with van der Waals surface area (Å²) in [4.78, 5) is 53.1. The maximum atomic E-state index is 17.4. The Labute approximate surface area is 226 Å². The summed E-state index contributed by atoms with van der Waals surface area (Å²) in [5.41, 5.74) is -5.52. The molecule has 39 heavy (non-hydrogen) atoms. The van der Waals surface area contributed by atoms with Crippen LogP contribution < -0.4 is 0 Å². The largest absolute Gasteiger partial charge is 0.450 e. The number of fused-ring (bicyclic) bond motifs is 5. The Balaban J connectivity index is 1.62. The second-order valence-corrected chi connectivity index (χ2v) is 12.1. The van der Waals surface area contributed by atoms with E-state index in [0.717, 1.165) is 0 Å². The highest BCUT2D eigenvalue weighted by atomic mass is 19.1. The fourth-order valence-corrected chi connectivity index (χ4v) is 8.34.